The first-order valence-corrected chi connectivity index (χ1v) is 5.11. The number of nitrogens with zero attached hydrogens (tertiary/aromatic N) is 1. The number of anilines is 1. The van der Waals surface area contributed by atoms with E-state index in [1.807, 2.05) is 0 Å². The summed E-state index contributed by atoms with van der Waals surface area (Å²) in [5.41, 5.74) is 0.511. The average molecular weight is 259 g/mol. The van der Waals surface area contributed by atoms with Crippen LogP contribution in [-0.2, 0) is 11.3 Å². The van der Waals surface area contributed by atoms with Gasteiger partial charge < -0.3 is 15.3 Å². The van der Waals surface area contributed by atoms with Crippen molar-refractivity contribution in [2.45, 2.75) is 6.54 Å². The standard InChI is InChI=1S/C10H8ClFN2O3/c11-5-1-7(12)6-3-14(4-9(15)16)10(17)13-8(6)2-5/h1-2H,3-4H2,(H,13,17)(H,15,16). The Bertz CT molecular complexity index is 507. The third kappa shape index (κ3) is 2.31. The highest BCUT2D eigenvalue weighted by atomic mass is 35.5. The van der Waals surface area contributed by atoms with Gasteiger partial charge in [0.25, 0.3) is 0 Å². The molecule has 1 aliphatic rings. The summed E-state index contributed by atoms with van der Waals surface area (Å²) in [6, 6.07) is 1.97. The van der Waals surface area contributed by atoms with E-state index in [4.69, 9.17) is 16.7 Å². The average Bonchev–Trinajstić information content (AvgIpc) is 2.19. The largest absolute Gasteiger partial charge is 0.480 e. The summed E-state index contributed by atoms with van der Waals surface area (Å²) >= 11 is 5.65. The Hall–Kier alpha value is -1.82. The third-order valence-corrected chi connectivity index (χ3v) is 2.58. The molecule has 1 aromatic rings. The zero-order valence-electron chi connectivity index (χ0n) is 8.54. The second-order valence-electron chi connectivity index (χ2n) is 3.59. The van der Waals surface area contributed by atoms with Crippen LogP contribution in [-0.4, -0.2) is 28.6 Å². The molecule has 0 saturated carbocycles. The minimum absolute atomic E-state index is 0.0868. The summed E-state index contributed by atoms with van der Waals surface area (Å²) in [6.45, 7) is -0.566. The van der Waals surface area contributed by atoms with Crippen molar-refractivity contribution in [3.63, 3.8) is 0 Å². The van der Waals surface area contributed by atoms with Gasteiger partial charge in [0.15, 0.2) is 0 Å². The number of hydrogen-bond donors (Lipinski definition) is 2. The molecule has 2 rings (SSSR count). The molecule has 0 spiro atoms. The van der Waals surface area contributed by atoms with Gasteiger partial charge in [0.2, 0.25) is 0 Å². The Morgan fingerprint density at radius 3 is 2.94 bits per heavy atom. The van der Waals surface area contributed by atoms with Gasteiger partial charge in [0.1, 0.15) is 12.4 Å². The number of carbonyl (C=O) groups excluding carboxylic acids is 1. The van der Waals surface area contributed by atoms with Gasteiger partial charge in [-0.25, -0.2) is 9.18 Å². The van der Waals surface area contributed by atoms with Crippen LogP contribution in [0.3, 0.4) is 0 Å². The first kappa shape index (κ1) is 11.7. The zero-order chi connectivity index (χ0) is 12.6. The Morgan fingerprint density at radius 2 is 2.29 bits per heavy atom. The number of halogens is 2. The fourth-order valence-corrected chi connectivity index (χ4v) is 1.83. The molecular weight excluding hydrogens is 251 g/mol. The van der Waals surface area contributed by atoms with E-state index < -0.39 is 24.4 Å². The number of carboxylic acids is 1. The minimum Gasteiger partial charge on any atom is -0.480 e. The van der Waals surface area contributed by atoms with Gasteiger partial charge in [0.05, 0.1) is 12.2 Å². The van der Waals surface area contributed by atoms with Crippen molar-refractivity contribution in [1.82, 2.24) is 4.90 Å². The van der Waals surface area contributed by atoms with E-state index in [1.54, 1.807) is 0 Å². The third-order valence-electron chi connectivity index (χ3n) is 2.36. The van der Waals surface area contributed by atoms with Crippen LogP contribution >= 0.6 is 11.6 Å². The number of amides is 2. The maximum Gasteiger partial charge on any atom is 0.323 e. The van der Waals surface area contributed by atoms with E-state index in [1.165, 1.54) is 6.07 Å². The van der Waals surface area contributed by atoms with Crippen LogP contribution in [0.2, 0.25) is 5.02 Å². The second-order valence-corrected chi connectivity index (χ2v) is 4.03. The number of rotatable bonds is 2. The van der Waals surface area contributed by atoms with Crippen LogP contribution in [0.25, 0.3) is 0 Å². The molecule has 7 heteroatoms. The van der Waals surface area contributed by atoms with E-state index in [0.717, 1.165) is 11.0 Å². The van der Waals surface area contributed by atoms with Crippen LogP contribution in [0.5, 0.6) is 0 Å². The van der Waals surface area contributed by atoms with Crippen LogP contribution in [0.1, 0.15) is 5.56 Å². The molecule has 90 valence electrons. The molecule has 0 radical (unpaired) electrons. The van der Waals surface area contributed by atoms with E-state index in [0.29, 0.717) is 0 Å². The number of carboxylic acid groups (broad SMARTS) is 1. The molecule has 1 aromatic carbocycles. The summed E-state index contributed by atoms with van der Waals surface area (Å²) in [6.07, 6.45) is 0. The number of hydrogen-bond acceptors (Lipinski definition) is 2. The highest BCUT2D eigenvalue weighted by molar-refractivity contribution is 6.31. The monoisotopic (exact) mass is 258 g/mol. The Balaban J connectivity index is 2.34. The lowest BCUT2D eigenvalue weighted by atomic mass is 10.1. The first-order chi connectivity index (χ1) is 7.97. The molecule has 0 bridgehead atoms. The topological polar surface area (TPSA) is 69.6 Å². The Morgan fingerprint density at radius 1 is 1.59 bits per heavy atom. The van der Waals surface area contributed by atoms with Gasteiger partial charge in [0, 0.05) is 10.6 Å². The molecule has 0 aromatic heterocycles. The van der Waals surface area contributed by atoms with E-state index in [-0.39, 0.29) is 22.8 Å². The zero-order valence-corrected chi connectivity index (χ0v) is 9.29. The van der Waals surface area contributed by atoms with Gasteiger partial charge >= 0.3 is 12.0 Å². The summed E-state index contributed by atoms with van der Waals surface area (Å²) in [5, 5.41) is 11.2. The molecule has 2 amide bonds. The molecule has 0 fully saturated rings. The van der Waals surface area contributed by atoms with Crippen molar-refractivity contribution in [3.8, 4) is 0 Å². The fourth-order valence-electron chi connectivity index (χ4n) is 1.62. The number of carbonyl (C=O) groups is 2. The second kappa shape index (κ2) is 4.21. The maximum atomic E-state index is 13.6. The molecule has 1 aliphatic heterocycles. The van der Waals surface area contributed by atoms with Crippen molar-refractivity contribution in [1.29, 1.82) is 0 Å². The van der Waals surface area contributed by atoms with Gasteiger partial charge in [-0.2, -0.15) is 0 Å². The van der Waals surface area contributed by atoms with Crippen LogP contribution in [0.15, 0.2) is 12.1 Å². The molecular formula is C10H8ClFN2O3. The molecule has 1 heterocycles. The minimum atomic E-state index is -1.15. The van der Waals surface area contributed by atoms with E-state index >= 15 is 0 Å². The van der Waals surface area contributed by atoms with Crippen LogP contribution in [0.4, 0.5) is 14.9 Å². The summed E-state index contributed by atoms with van der Waals surface area (Å²) in [7, 11) is 0. The smallest absolute Gasteiger partial charge is 0.323 e. The summed E-state index contributed by atoms with van der Waals surface area (Å²) < 4.78 is 13.6. The van der Waals surface area contributed by atoms with Crippen LogP contribution < -0.4 is 5.32 Å². The van der Waals surface area contributed by atoms with Gasteiger partial charge in [-0.15, -0.1) is 0 Å². The van der Waals surface area contributed by atoms with Gasteiger partial charge in [-0.05, 0) is 12.1 Å². The lowest BCUT2D eigenvalue weighted by molar-refractivity contribution is -0.137. The fraction of sp³-hybridized carbons (Fsp3) is 0.200. The van der Waals surface area contributed by atoms with Gasteiger partial charge in [-0.3, -0.25) is 4.79 Å². The van der Waals surface area contributed by atoms with Crippen molar-refractivity contribution >= 4 is 29.3 Å². The maximum absolute atomic E-state index is 13.6. The molecule has 0 unspecified atom stereocenters. The molecule has 5 nitrogen and oxygen atoms in total. The Kier molecular flexibility index (Phi) is 2.89. The Labute approximate surface area is 101 Å². The molecule has 17 heavy (non-hydrogen) atoms. The van der Waals surface area contributed by atoms with Crippen molar-refractivity contribution in [2.24, 2.45) is 0 Å². The molecule has 0 atom stereocenters. The molecule has 2 N–H and O–H groups in total. The predicted octanol–water partition coefficient (Wildman–Crippen LogP) is 1.91. The lowest BCUT2D eigenvalue weighted by Crippen LogP contribution is -2.41. The quantitative estimate of drug-likeness (QED) is 0.851. The number of urea groups is 1. The highest BCUT2D eigenvalue weighted by Gasteiger charge is 2.26. The van der Waals surface area contributed by atoms with Crippen molar-refractivity contribution in [3.05, 3.63) is 28.5 Å². The number of benzene rings is 1. The normalized spacial score (nSPS) is 14.2. The van der Waals surface area contributed by atoms with Crippen molar-refractivity contribution in [2.75, 3.05) is 11.9 Å². The predicted molar refractivity (Wildman–Crippen MR) is 58.5 cm³/mol. The molecule has 0 aliphatic carbocycles. The summed E-state index contributed by atoms with van der Waals surface area (Å²) in [5.74, 6) is -1.72. The van der Waals surface area contributed by atoms with Gasteiger partial charge in [-0.1, -0.05) is 11.6 Å². The summed E-state index contributed by atoms with van der Waals surface area (Å²) in [4.78, 5) is 23.0. The van der Waals surface area contributed by atoms with E-state index in [9.17, 15) is 14.0 Å². The van der Waals surface area contributed by atoms with E-state index in [2.05, 4.69) is 5.32 Å². The number of nitrogens with one attached hydrogen (secondary N) is 1. The lowest BCUT2D eigenvalue weighted by Gasteiger charge is -2.28. The SMILES string of the molecule is O=C(O)CN1Cc2c(F)cc(Cl)cc2NC1=O. The number of fused-ring (bicyclic) bond motifs is 1. The number of aliphatic carboxylic acids is 1. The van der Waals surface area contributed by atoms with Crippen LogP contribution in [0, 0.1) is 5.82 Å². The first-order valence-electron chi connectivity index (χ1n) is 4.73. The van der Waals surface area contributed by atoms with Crippen molar-refractivity contribution < 1.29 is 19.1 Å². The highest BCUT2D eigenvalue weighted by Crippen LogP contribution is 2.29. The molecule has 0 saturated heterocycles.